The lowest BCUT2D eigenvalue weighted by Crippen LogP contribution is -2.39. The topological polar surface area (TPSA) is 61.0 Å². The highest BCUT2D eigenvalue weighted by atomic mass is 35.5. The van der Waals surface area contributed by atoms with Gasteiger partial charge in [0.05, 0.1) is 0 Å². The molecule has 1 rings (SSSR count). The average molecular weight is 273 g/mol. The van der Waals surface area contributed by atoms with Crippen molar-refractivity contribution in [3.8, 4) is 0 Å². The highest BCUT2D eigenvalue weighted by Gasteiger charge is 2.16. The predicted octanol–water partition coefficient (Wildman–Crippen LogP) is 1.73. The Balaban J connectivity index is 2.83. The fourth-order valence-electron chi connectivity index (χ4n) is 1.90. The Hall–Kier alpha value is -1.07. The van der Waals surface area contributed by atoms with Gasteiger partial charge in [-0.15, -0.1) is 0 Å². The molecular weight excluding hydrogens is 252 g/mol. The van der Waals surface area contributed by atoms with Crippen LogP contribution in [0.15, 0.2) is 4.79 Å². The smallest absolute Gasteiger partial charge is 0.271 e. The number of aromatic nitrogens is 2. The maximum Gasteiger partial charge on any atom is 0.271 e. The Morgan fingerprint density at radius 3 is 2.56 bits per heavy atom. The molecule has 0 radical (unpaired) electrons. The Kier molecular flexibility index (Phi) is 5.16. The van der Waals surface area contributed by atoms with Gasteiger partial charge in [-0.3, -0.25) is 4.79 Å². The number of anilines is 1. The van der Waals surface area contributed by atoms with Gasteiger partial charge >= 0.3 is 0 Å². The van der Waals surface area contributed by atoms with E-state index >= 15 is 0 Å². The summed E-state index contributed by atoms with van der Waals surface area (Å²) in [5, 5.41) is 3.27. The van der Waals surface area contributed by atoms with Crippen LogP contribution in [0.4, 0.5) is 5.82 Å². The Labute approximate surface area is 113 Å². The van der Waals surface area contributed by atoms with Crippen LogP contribution in [-0.2, 0) is 0 Å². The van der Waals surface area contributed by atoms with Crippen molar-refractivity contribution < 1.29 is 0 Å². The quantitative estimate of drug-likeness (QED) is 0.857. The first-order chi connectivity index (χ1) is 8.32. The summed E-state index contributed by atoms with van der Waals surface area (Å²) < 4.78 is 0. The van der Waals surface area contributed by atoms with E-state index in [-0.39, 0.29) is 10.6 Å². The third-order valence-electron chi connectivity index (χ3n) is 2.89. The van der Waals surface area contributed by atoms with Gasteiger partial charge in [0.1, 0.15) is 10.8 Å². The van der Waals surface area contributed by atoms with Crippen LogP contribution in [0.5, 0.6) is 0 Å². The first-order valence-electron chi connectivity index (χ1n) is 5.99. The van der Waals surface area contributed by atoms with Crippen molar-refractivity contribution in [2.75, 3.05) is 26.0 Å². The van der Waals surface area contributed by atoms with E-state index in [9.17, 15) is 4.79 Å². The van der Waals surface area contributed by atoms with E-state index in [4.69, 9.17) is 11.6 Å². The standard InChI is InChI=1S/C12H21ClN4O/c1-7(2)9(17(4)5)6-14-11-10(13)12(18)16-8(3)15-11/h7,9H,6H2,1-5H3,(H2,14,15,16,18)/t9-/m0/s1. The molecule has 0 unspecified atom stereocenters. The number of H-pyrrole nitrogens is 1. The first-order valence-corrected chi connectivity index (χ1v) is 6.37. The third kappa shape index (κ3) is 3.71. The van der Waals surface area contributed by atoms with Gasteiger partial charge in [-0.2, -0.15) is 0 Å². The van der Waals surface area contributed by atoms with Crippen LogP contribution < -0.4 is 10.9 Å². The second-order valence-corrected chi connectivity index (χ2v) is 5.35. The van der Waals surface area contributed by atoms with Gasteiger partial charge < -0.3 is 15.2 Å². The first kappa shape index (κ1) is 15.0. The summed E-state index contributed by atoms with van der Waals surface area (Å²) >= 11 is 5.93. The number of halogens is 1. The molecule has 0 aromatic carbocycles. The van der Waals surface area contributed by atoms with Crippen LogP contribution in [0, 0.1) is 12.8 Å². The molecular formula is C12H21ClN4O. The van der Waals surface area contributed by atoms with Crippen molar-refractivity contribution in [2.24, 2.45) is 5.92 Å². The molecule has 0 amide bonds. The molecule has 102 valence electrons. The van der Waals surface area contributed by atoms with E-state index in [2.05, 4.69) is 34.0 Å². The number of nitrogens with one attached hydrogen (secondary N) is 2. The lowest BCUT2D eigenvalue weighted by molar-refractivity contribution is 0.243. The van der Waals surface area contributed by atoms with Gasteiger partial charge in [0, 0.05) is 12.6 Å². The lowest BCUT2D eigenvalue weighted by Gasteiger charge is -2.28. The summed E-state index contributed by atoms with van der Waals surface area (Å²) in [6, 6.07) is 0.350. The highest BCUT2D eigenvalue weighted by molar-refractivity contribution is 6.32. The summed E-state index contributed by atoms with van der Waals surface area (Å²) in [5.41, 5.74) is -0.308. The molecule has 1 atom stereocenters. The highest BCUT2D eigenvalue weighted by Crippen LogP contribution is 2.15. The molecule has 0 saturated heterocycles. The maximum atomic E-state index is 11.5. The predicted molar refractivity (Wildman–Crippen MR) is 75.4 cm³/mol. The van der Waals surface area contributed by atoms with E-state index in [0.717, 1.165) is 0 Å². The van der Waals surface area contributed by atoms with Gasteiger partial charge in [-0.25, -0.2) is 4.98 Å². The molecule has 5 nitrogen and oxygen atoms in total. The van der Waals surface area contributed by atoms with Crippen molar-refractivity contribution in [1.82, 2.24) is 14.9 Å². The summed E-state index contributed by atoms with van der Waals surface area (Å²) in [6.07, 6.45) is 0. The molecule has 1 heterocycles. The van der Waals surface area contributed by atoms with Gasteiger partial charge in [-0.05, 0) is 26.9 Å². The number of aryl methyl sites for hydroxylation is 1. The molecule has 2 N–H and O–H groups in total. The van der Waals surface area contributed by atoms with Gasteiger partial charge in [-0.1, -0.05) is 25.4 Å². The molecule has 0 fully saturated rings. The Morgan fingerprint density at radius 1 is 1.44 bits per heavy atom. The Morgan fingerprint density at radius 2 is 2.06 bits per heavy atom. The average Bonchev–Trinajstić information content (AvgIpc) is 2.23. The molecule has 1 aromatic heterocycles. The number of nitrogens with zero attached hydrogens (tertiary/aromatic N) is 2. The molecule has 0 saturated carbocycles. The number of likely N-dealkylation sites (N-methyl/N-ethyl adjacent to an activating group) is 1. The Bertz CT molecular complexity index is 448. The molecule has 6 heteroatoms. The van der Waals surface area contributed by atoms with Crippen LogP contribution in [0.2, 0.25) is 5.02 Å². The second kappa shape index (κ2) is 6.20. The van der Waals surface area contributed by atoms with E-state index < -0.39 is 0 Å². The monoisotopic (exact) mass is 272 g/mol. The second-order valence-electron chi connectivity index (χ2n) is 4.97. The van der Waals surface area contributed by atoms with E-state index in [1.54, 1.807) is 6.92 Å². The van der Waals surface area contributed by atoms with Crippen molar-refractivity contribution >= 4 is 17.4 Å². The van der Waals surface area contributed by atoms with Crippen LogP contribution in [0.1, 0.15) is 19.7 Å². The van der Waals surface area contributed by atoms with Gasteiger partial charge in [0.15, 0.2) is 5.82 Å². The molecule has 18 heavy (non-hydrogen) atoms. The minimum atomic E-state index is -0.308. The molecule has 0 aliphatic carbocycles. The molecule has 0 spiro atoms. The SMILES string of the molecule is Cc1nc(NC[C@@H](C(C)C)N(C)C)c(Cl)c(=O)[nH]1. The summed E-state index contributed by atoms with van der Waals surface area (Å²) in [5.74, 6) is 1.50. The van der Waals surface area contributed by atoms with Crippen molar-refractivity contribution in [3.05, 3.63) is 21.2 Å². The number of hydrogen-bond donors (Lipinski definition) is 2. The maximum absolute atomic E-state index is 11.5. The summed E-state index contributed by atoms with van der Waals surface area (Å²) in [6.45, 7) is 6.74. The van der Waals surface area contributed by atoms with Crippen LogP contribution >= 0.6 is 11.6 Å². The van der Waals surface area contributed by atoms with E-state index in [1.807, 2.05) is 14.1 Å². The lowest BCUT2D eigenvalue weighted by atomic mass is 10.0. The van der Waals surface area contributed by atoms with E-state index in [0.29, 0.717) is 30.1 Å². The summed E-state index contributed by atoms with van der Waals surface area (Å²) in [7, 11) is 4.06. The number of hydrogen-bond acceptors (Lipinski definition) is 4. The fourth-order valence-corrected chi connectivity index (χ4v) is 2.06. The number of rotatable bonds is 5. The zero-order valence-electron chi connectivity index (χ0n) is 11.5. The van der Waals surface area contributed by atoms with Crippen molar-refractivity contribution in [1.29, 1.82) is 0 Å². The minimum Gasteiger partial charge on any atom is -0.367 e. The molecule has 0 aliphatic rings. The zero-order chi connectivity index (χ0) is 13.9. The van der Waals surface area contributed by atoms with Gasteiger partial charge in [0.25, 0.3) is 5.56 Å². The van der Waals surface area contributed by atoms with Gasteiger partial charge in [0.2, 0.25) is 0 Å². The molecule has 0 aliphatic heterocycles. The summed E-state index contributed by atoms with van der Waals surface area (Å²) in [4.78, 5) is 20.4. The molecule has 0 bridgehead atoms. The van der Waals surface area contributed by atoms with E-state index in [1.165, 1.54) is 0 Å². The number of aromatic amines is 1. The van der Waals surface area contributed by atoms with Crippen molar-refractivity contribution in [3.63, 3.8) is 0 Å². The van der Waals surface area contributed by atoms with Crippen LogP contribution in [-0.4, -0.2) is 41.5 Å². The van der Waals surface area contributed by atoms with Crippen LogP contribution in [0.3, 0.4) is 0 Å². The normalized spacial score (nSPS) is 13.1. The zero-order valence-corrected chi connectivity index (χ0v) is 12.3. The van der Waals surface area contributed by atoms with Crippen molar-refractivity contribution in [2.45, 2.75) is 26.8 Å². The molecule has 1 aromatic rings. The fraction of sp³-hybridized carbons (Fsp3) is 0.667. The minimum absolute atomic E-state index is 0.113. The largest absolute Gasteiger partial charge is 0.367 e. The van der Waals surface area contributed by atoms with Crippen LogP contribution in [0.25, 0.3) is 0 Å². The third-order valence-corrected chi connectivity index (χ3v) is 3.24.